The van der Waals surface area contributed by atoms with Crippen LogP contribution in [0.25, 0.3) is 12.2 Å². The van der Waals surface area contributed by atoms with Crippen molar-refractivity contribution >= 4 is 20.5 Å². The molecule has 0 saturated heterocycles. The van der Waals surface area contributed by atoms with Crippen LogP contribution in [0.2, 0.25) is 11.1 Å². The van der Waals surface area contributed by atoms with E-state index in [1.54, 1.807) is 0 Å². The molecule has 0 radical (unpaired) electrons. The summed E-state index contributed by atoms with van der Waals surface area (Å²) >= 11 is 0. The molecule has 2 aromatic rings. The van der Waals surface area contributed by atoms with E-state index in [1.165, 1.54) is 16.7 Å². The van der Waals surface area contributed by atoms with Crippen LogP contribution in [0.4, 0.5) is 0 Å². The Kier molecular flexibility index (Phi) is 5.97. The molecule has 0 aromatic heterocycles. The minimum absolute atomic E-state index is 0.355. The van der Waals surface area contributed by atoms with Gasteiger partial charge in [-0.15, -0.1) is 0 Å². The summed E-state index contributed by atoms with van der Waals surface area (Å²) < 4.78 is 0. The minimum atomic E-state index is -2.32. The summed E-state index contributed by atoms with van der Waals surface area (Å²) in [7, 11) is -2.32. The molecular weight excluding hydrogens is 296 g/mol. The topological polar surface area (TPSA) is 20.2 Å². The highest BCUT2D eigenvalue weighted by atomic mass is 28.4. The van der Waals surface area contributed by atoms with Crippen molar-refractivity contribution in [3.8, 4) is 0 Å². The average Bonchev–Trinajstić information content (AvgIpc) is 2.54. The maximum atomic E-state index is 11.2. The van der Waals surface area contributed by atoms with Crippen LogP contribution in [-0.2, 0) is 6.04 Å². The fraction of sp³-hybridized carbons (Fsp3) is 0.333. The standard InChI is InChI=1S/C21H28OSi/c1-17(2)23(22,18(3)4)16-21-13-9-8-12-20(21)15-14-19-10-6-5-7-11-19/h5-15,17-18,22H,16H2,1-4H3/b15-14+. The Bertz CT molecular complexity index is 636. The highest BCUT2D eigenvalue weighted by Gasteiger charge is 2.38. The van der Waals surface area contributed by atoms with Crippen molar-refractivity contribution in [3.05, 3.63) is 71.3 Å². The van der Waals surface area contributed by atoms with E-state index in [0.29, 0.717) is 11.1 Å². The first-order chi connectivity index (χ1) is 10.9. The molecule has 2 rings (SSSR count). The monoisotopic (exact) mass is 324 g/mol. The van der Waals surface area contributed by atoms with Crippen molar-refractivity contribution in [2.24, 2.45) is 0 Å². The maximum absolute atomic E-state index is 11.2. The Morgan fingerprint density at radius 1 is 0.826 bits per heavy atom. The largest absolute Gasteiger partial charge is 0.431 e. The van der Waals surface area contributed by atoms with E-state index in [-0.39, 0.29) is 0 Å². The lowest BCUT2D eigenvalue weighted by Crippen LogP contribution is -2.44. The lowest BCUT2D eigenvalue weighted by Gasteiger charge is -2.33. The van der Waals surface area contributed by atoms with Crippen LogP contribution in [0.15, 0.2) is 54.6 Å². The minimum Gasteiger partial charge on any atom is -0.431 e. The van der Waals surface area contributed by atoms with Crippen molar-refractivity contribution < 1.29 is 4.80 Å². The highest BCUT2D eigenvalue weighted by molar-refractivity contribution is 6.74. The molecule has 122 valence electrons. The van der Waals surface area contributed by atoms with Gasteiger partial charge in [0.1, 0.15) is 0 Å². The lowest BCUT2D eigenvalue weighted by molar-refractivity contribution is 0.490. The van der Waals surface area contributed by atoms with Crippen LogP contribution < -0.4 is 0 Å². The first-order valence-electron chi connectivity index (χ1n) is 8.47. The summed E-state index contributed by atoms with van der Waals surface area (Å²) in [5.74, 6) is 0. The molecule has 0 aliphatic heterocycles. The Morgan fingerprint density at radius 3 is 2.00 bits per heavy atom. The Hall–Kier alpha value is -1.64. The van der Waals surface area contributed by atoms with Gasteiger partial charge in [0.15, 0.2) is 8.32 Å². The summed E-state index contributed by atoms with van der Waals surface area (Å²) in [5, 5.41) is 0. The van der Waals surface area contributed by atoms with Gasteiger partial charge >= 0.3 is 0 Å². The molecule has 1 nitrogen and oxygen atoms in total. The van der Waals surface area contributed by atoms with Gasteiger partial charge in [-0.05, 0) is 33.8 Å². The van der Waals surface area contributed by atoms with Crippen molar-refractivity contribution in [2.45, 2.75) is 44.8 Å². The first kappa shape index (κ1) is 17.7. The van der Waals surface area contributed by atoms with Crippen molar-refractivity contribution in [1.82, 2.24) is 0 Å². The summed E-state index contributed by atoms with van der Waals surface area (Å²) in [6.07, 6.45) is 4.31. The molecule has 1 N–H and O–H groups in total. The summed E-state index contributed by atoms with van der Waals surface area (Å²) in [6, 6.07) is 19.6. The number of rotatable bonds is 6. The smallest absolute Gasteiger partial charge is 0.197 e. The molecule has 0 aliphatic rings. The molecule has 0 bridgehead atoms. The summed E-state index contributed by atoms with van der Waals surface area (Å²) in [6.45, 7) is 8.65. The fourth-order valence-corrected chi connectivity index (χ4v) is 6.07. The molecule has 0 unspecified atom stereocenters. The van der Waals surface area contributed by atoms with E-state index < -0.39 is 8.32 Å². The molecule has 0 heterocycles. The molecule has 0 atom stereocenters. The number of hydrogen-bond acceptors (Lipinski definition) is 1. The van der Waals surface area contributed by atoms with Gasteiger partial charge in [-0.3, -0.25) is 0 Å². The normalized spacial score (nSPS) is 12.5. The Labute approximate surface area is 141 Å². The zero-order valence-corrected chi connectivity index (χ0v) is 15.7. The van der Waals surface area contributed by atoms with Gasteiger partial charge in [0.2, 0.25) is 0 Å². The predicted octanol–water partition coefficient (Wildman–Crippen LogP) is 5.70. The van der Waals surface area contributed by atoms with E-state index in [2.05, 4.69) is 88.4 Å². The quantitative estimate of drug-likeness (QED) is 0.534. The van der Waals surface area contributed by atoms with E-state index >= 15 is 0 Å². The molecule has 0 amide bonds. The molecule has 23 heavy (non-hydrogen) atoms. The van der Waals surface area contributed by atoms with E-state index in [9.17, 15) is 4.80 Å². The third kappa shape index (κ3) is 4.43. The van der Waals surface area contributed by atoms with Crippen LogP contribution >= 0.6 is 0 Å². The Balaban J connectivity index is 2.29. The molecule has 2 heteroatoms. The van der Waals surface area contributed by atoms with Gasteiger partial charge in [0.05, 0.1) is 0 Å². The van der Waals surface area contributed by atoms with Gasteiger partial charge in [0, 0.05) is 0 Å². The van der Waals surface area contributed by atoms with Gasteiger partial charge in [-0.2, -0.15) is 0 Å². The SMILES string of the molecule is CC(C)[Si](O)(Cc1ccccc1/C=C/c1ccccc1)C(C)C. The lowest BCUT2D eigenvalue weighted by atomic mass is 10.1. The third-order valence-corrected chi connectivity index (χ3v) is 9.73. The zero-order valence-electron chi connectivity index (χ0n) is 14.7. The van der Waals surface area contributed by atoms with E-state index in [4.69, 9.17) is 0 Å². The summed E-state index contributed by atoms with van der Waals surface area (Å²) in [5.41, 5.74) is 4.38. The van der Waals surface area contributed by atoms with Crippen LogP contribution in [0, 0.1) is 0 Å². The second kappa shape index (κ2) is 7.76. The first-order valence-corrected chi connectivity index (χ1v) is 10.8. The number of hydrogen-bond donors (Lipinski definition) is 1. The molecule has 0 aliphatic carbocycles. The number of benzene rings is 2. The van der Waals surface area contributed by atoms with Gasteiger partial charge in [-0.1, -0.05) is 94.4 Å². The average molecular weight is 325 g/mol. The van der Waals surface area contributed by atoms with Crippen molar-refractivity contribution in [1.29, 1.82) is 0 Å². The molecule has 0 saturated carbocycles. The van der Waals surface area contributed by atoms with Gasteiger partial charge < -0.3 is 4.80 Å². The van der Waals surface area contributed by atoms with E-state index in [0.717, 1.165) is 6.04 Å². The van der Waals surface area contributed by atoms with Crippen LogP contribution in [0.3, 0.4) is 0 Å². The van der Waals surface area contributed by atoms with Gasteiger partial charge in [-0.25, -0.2) is 0 Å². The predicted molar refractivity (Wildman–Crippen MR) is 104 cm³/mol. The maximum Gasteiger partial charge on any atom is 0.197 e. The Morgan fingerprint density at radius 2 is 1.39 bits per heavy atom. The molecule has 0 fully saturated rings. The molecule has 0 spiro atoms. The molecule has 2 aromatic carbocycles. The fourth-order valence-electron chi connectivity index (χ4n) is 2.99. The van der Waals surface area contributed by atoms with Crippen molar-refractivity contribution in [3.63, 3.8) is 0 Å². The second-order valence-corrected chi connectivity index (χ2v) is 11.6. The zero-order chi connectivity index (χ0) is 16.9. The second-order valence-electron chi connectivity index (χ2n) is 6.92. The van der Waals surface area contributed by atoms with E-state index in [1.807, 2.05) is 6.07 Å². The highest BCUT2D eigenvalue weighted by Crippen LogP contribution is 2.33. The summed E-state index contributed by atoms with van der Waals surface area (Å²) in [4.78, 5) is 11.2. The van der Waals surface area contributed by atoms with Crippen LogP contribution in [0.1, 0.15) is 44.4 Å². The van der Waals surface area contributed by atoms with Gasteiger partial charge in [0.25, 0.3) is 0 Å². The van der Waals surface area contributed by atoms with Crippen molar-refractivity contribution in [2.75, 3.05) is 0 Å². The van der Waals surface area contributed by atoms with Crippen LogP contribution in [-0.4, -0.2) is 13.1 Å². The van der Waals surface area contributed by atoms with Crippen LogP contribution in [0.5, 0.6) is 0 Å². The molecular formula is C21H28OSi. The third-order valence-electron chi connectivity index (χ3n) is 4.78.